The summed E-state index contributed by atoms with van der Waals surface area (Å²) < 4.78 is 0. The molecule has 2 aromatic heterocycles. The van der Waals surface area contributed by atoms with Gasteiger partial charge in [0.1, 0.15) is 5.82 Å². The van der Waals surface area contributed by atoms with E-state index in [9.17, 15) is 4.79 Å². The number of likely N-dealkylation sites (tertiary alicyclic amines) is 1. The summed E-state index contributed by atoms with van der Waals surface area (Å²) in [5, 5.41) is 11.9. The summed E-state index contributed by atoms with van der Waals surface area (Å²) >= 11 is 0. The number of nitrogens with zero attached hydrogens (tertiary/aromatic N) is 5. The van der Waals surface area contributed by atoms with E-state index in [1.165, 1.54) is 5.56 Å². The van der Waals surface area contributed by atoms with Crippen molar-refractivity contribution in [3.05, 3.63) is 41.6 Å². The normalized spacial score (nSPS) is 16.1. The number of aromatic amines is 1. The summed E-state index contributed by atoms with van der Waals surface area (Å²) in [4.78, 5) is 25.4. The highest BCUT2D eigenvalue weighted by atomic mass is 16.2. The van der Waals surface area contributed by atoms with Gasteiger partial charge < -0.3 is 15.1 Å². The second kappa shape index (κ2) is 7.69. The zero-order valence-electron chi connectivity index (χ0n) is 16.4. The molecule has 0 atom stereocenters. The third-order valence-corrected chi connectivity index (χ3v) is 5.68. The number of hydrogen-bond acceptors (Lipinski definition) is 6. The number of rotatable bonds is 7. The van der Waals surface area contributed by atoms with Gasteiger partial charge in [0.15, 0.2) is 5.65 Å². The fraction of sp³-hybridized carbons (Fsp3) is 0.429. The van der Waals surface area contributed by atoms with E-state index in [2.05, 4.69) is 49.7 Å². The molecule has 0 radical (unpaired) electrons. The average Bonchev–Trinajstić information content (AvgIpc) is 3.35. The summed E-state index contributed by atoms with van der Waals surface area (Å²) in [5.41, 5.74) is 3.08. The van der Waals surface area contributed by atoms with Crippen LogP contribution in [0.1, 0.15) is 30.5 Å². The van der Waals surface area contributed by atoms with Crippen molar-refractivity contribution in [3.63, 3.8) is 0 Å². The lowest BCUT2D eigenvalue weighted by Crippen LogP contribution is -2.30. The van der Waals surface area contributed by atoms with Gasteiger partial charge in [-0.25, -0.2) is 0 Å². The van der Waals surface area contributed by atoms with Crippen molar-refractivity contribution >= 4 is 28.7 Å². The van der Waals surface area contributed by atoms with Crippen LogP contribution in [0.25, 0.3) is 11.0 Å². The minimum Gasteiger partial charge on any atom is -0.354 e. The van der Waals surface area contributed by atoms with E-state index in [1.807, 2.05) is 11.0 Å². The molecule has 0 unspecified atom stereocenters. The number of nitrogens with one attached hydrogen (secondary N) is 2. The van der Waals surface area contributed by atoms with Gasteiger partial charge in [-0.1, -0.05) is 30.3 Å². The maximum absolute atomic E-state index is 11.7. The summed E-state index contributed by atoms with van der Waals surface area (Å²) in [6.07, 6.45) is 3.46. The SMILES string of the molecule is O=C1CCCN1CCCNc1nc2c3c([nH]nc3n1)CCN2Cc1ccccc1. The molecule has 3 aromatic rings. The molecule has 2 aliphatic heterocycles. The van der Waals surface area contributed by atoms with Crippen molar-refractivity contribution in [2.24, 2.45) is 0 Å². The molecule has 5 rings (SSSR count). The maximum atomic E-state index is 11.7. The van der Waals surface area contributed by atoms with E-state index in [1.54, 1.807) is 0 Å². The van der Waals surface area contributed by atoms with E-state index < -0.39 is 0 Å². The fourth-order valence-electron chi connectivity index (χ4n) is 4.17. The molecule has 8 heteroatoms. The number of H-pyrrole nitrogens is 1. The van der Waals surface area contributed by atoms with Crippen LogP contribution in [0.4, 0.5) is 11.8 Å². The smallest absolute Gasteiger partial charge is 0.226 e. The van der Waals surface area contributed by atoms with Crippen molar-refractivity contribution in [1.82, 2.24) is 25.1 Å². The van der Waals surface area contributed by atoms with E-state index in [-0.39, 0.29) is 5.91 Å². The second-order valence-electron chi connectivity index (χ2n) is 7.69. The maximum Gasteiger partial charge on any atom is 0.226 e. The Kier molecular flexibility index (Phi) is 4.75. The molecule has 150 valence electrons. The molecule has 2 N–H and O–H groups in total. The van der Waals surface area contributed by atoms with Gasteiger partial charge in [0.25, 0.3) is 0 Å². The molecule has 0 bridgehead atoms. The van der Waals surface area contributed by atoms with Crippen LogP contribution in [0.15, 0.2) is 30.3 Å². The monoisotopic (exact) mass is 391 g/mol. The van der Waals surface area contributed by atoms with Gasteiger partial charge in [-0.05, 0) is 18.4 Å². The molecular weight excluding hydrogens is 366 g/mol. The molecule has 4 heterocycles. The molecular formula is C21H25N7O. The molecule has 1 saturated heterocycles. The predicted molar refractivity (Wildman–Crippen MR) is 112 cm³/mol. The van der Waals surface area contributed by atoms with Crippen LogP contribution >= 0.6 is 0 Å². The second-order valence-corrected chi connectivity index (χ2v) is 7.69. The molecule has 0 aliphatic carbocycles. The van der Waals surface area contributed by atoms with Crippen LogP contribution < -0.4 is 10.2 Å². The molecule has 0 spiro atoms. The first kappa shape index (κ1) is 17.9. The first-order chi connectivity index (χ1) is 14.3. The first-order valence-electron chi connectivity index (χ1n) is 10.3. The summed E-state index contributed by atoms with van der Waals surface area (Å²) in [6.45, 7) is 4.11. The van der Waals surface area contributed by atoms with Crippen LogP contribution in [-0.2, 0) is 17.8 Å². The van der Waals surface area contributed by atoms with Crippen LogP contribution in [0.3, 0.4) is 0 Å². The number of hydrogen-bond donors (Lipinski definition) is 2. The van der Waals surface area contributed by atoms with Crippen LogP contribution in [0.2, 0.25) is 0 Å². The van der Waals surface area contributed by atoms with E-state index >= 15 is 0 Å². The lowest BCUT2D eigenvalue weighted by Gasteiger charge is -2.28. The average molecular weight is 391 g/mol. The van der Waals surface area contributed by atoms with Crippen molar-refractivity contribution in [3.8, 4) is 0 Å². The third kappa shape index (κ3) is 3.62. The minimum absolute atomic E-state index is 0.271. The van der Waals surface area contributed by atoms with Crippen molar-refractivity contribution in [2.75, 3.05) is 36.4 Å². The summed E-state index contributed by atoms with van der Waals surface area (Å²) in [6, 6.07) is 10.4. The zero-order chi connectivity index (χ0) is 19.6. The zero-order valence-corrected chi connectivity index (χ0v) is 16.4. The van der Waals surface area contributed by atoms with Gasteiger partial charge in [-0.2, -0.15) is 15.1 Å². The van der Waals surface area contributed by atoms with E-state index in [0.29, 0.717) is 18.0 Å². The number of aromatic nitrogens is 4. The predicted octanol–water partition coefficient (Wildman–Crippen LogP) is 2.34. The van der Waals surface area contributed by atoms with Gasteiger partial charge >= 0.3 is 0 Å². The van der Waals surface area contributed by atoms with E-state index in [0.717, 1.165) is 68.9 Å². The van der Waals surface area contributed by atoms with Gasteiger partial charge in [-0.3, -0.25) is 9.89 Å². The number of anilines is 2. The largest absolute Gasteiger partial charge is 0.354 e. The first-order valence-corrected chi connectivity index (χ1v) is 10.3. The van der Waals surface area contributed by atoms with Gasteiger partial charge in [0.2, 0.25) is 11.9 Å². The molecule has 1 fully saturated rings. The fourth-order valence-corrected chi connectivity index (χ4v) is 4.17. The minimum atomic E-state index is 0.271. The quantitative estimate of drug-likeness (QED) is 0.601. The Labute approximate surface area is 169 Å². The number of carbonyl (C=O) groups excluding carboxylic acids is 1. The number of benzene rings is 1. The molecule has 8 nitrogen and oxygen atoms in total. The highest BCUT2D eigenvalue weighted by Crippen LogP contribution is 2.32. The number of carbonyl (C=O) groups is 1. The van der Waals surface area contributed by atoms with Crippen molar-refractivity contribution in [2.45, 2.75) is 32.2 Å². The Morgan fingerprint density at radius 3 is 2.79 bits per heavy atom. The Morgan fingerprint density at radius 1 is 1.07 bits per heavy atom. The lowest BCUT2D eigenvalue weighted by molar-refractivity contribution is -0.127. The molecule has 29 heavy (non-hydrogen) atoms. The Hall–Kier alpha value is -3.16. The Balaban J connectivity index is 1.31. The Morgan fingerprint density at radius 2 is 1.97 bits per heavy atom. The molecule has 1 amide bonds. The molecule has 0 saturated carbocycles. The molecule has 1 aromatic carbocycles. The van der Waals surface area contributed by atoms with Gasteiger partial charge in [0, 0.05) is 45.6 Å². The van der Waals surface area contributed by atoms with Crippen LogP contribution in [0, 0.1) is 0 Å². The van der Waals surface area contributed by atoms with Gasteiger partial charge in [0.05, 0.1) is 11.1 Å². The molecule has 2 aliphatic rings. The summed E-state index contributed by atoms with van der Waals surface area (Å²) in [5.74, 6) is 1.80. The summed E-state index contributed by atoms with van der Waals surface area (Å²) in [7, 11) is 0. The lowest BCUT2D eigenvalue weighted by atomic mass is 10.1. The third-order valence-electron chi connectivity index (χ3n) is 5.68. The Bertz CT molecular complexity index is 1020. The van der Waals surface area contributed by atoms with Crippen LogP contribution in [0.5, 0.6) is 0 Å². The standard InChI is InChI=1S/C21H25N7O/c29-17-8-4-11-27(17)12-5-10-22-21-23-19-18-16(25-26-19)9-13-28(20(18)24-21)14-15-6-2-1-3-7-15/h1-3,6-7H,4-5,8-14H2,(H2,22,23,24,25,26). The topological polar surface area (TPSA) is 90.0 Å². The van der Waals surface area contributed by atoms with Crippen LogP contribution in [-0.4, -0.2) is 57.2 Å². The highest BCUT2D eigenvalue weighted by Gasteiger charge is 2.25. The van der Waals surface area contributed by atoms with Crippen molar-refractivity contribution < 1.29 is 4.79 Å². The van der Waals surface area contributed by atoms with Gasteiger partial charge in [-0.15, -0.1) is 0 Å². The number of amides is 1. The van der Waals surface area contributed by atoms with E-state index in [4.69, 9.17) is 4.98 Å². The van der Waals surface area contributed by atoms with Crippen molar-refractivity contribution in [1.29, 1.82) is 0 Å². The highest BCUT2D eigenvalue weighted by molar-refractivity contribution is 5.91.